The quantitative estimate of drug-likeness (QED) is 0.377. The van der Waals surface area contributed by atoms with Gasteiger partial charge in [0.2, 0.25) is 0 Å². The molecule has 2 aromatic carbocycles. The number of aryl methyl sites for hydroxylation is 1. The molecule has 132 valence electrons. The summed E-state index contributed by atoms with van der Waals surface area (Å²) in [5, 5.41) is 8.50. The first-order valence-corrected chi connectivity index (χ1v) is 8.95. The number of benzene rings is 2. The first-order valence-electron chi connectivity index (χ1n) is 8.16. The van der Waals surface area contributed by atoms with E-state index in [1.54, 1.807) is 6.21 Å². The number of nitrogens with one attached hydrogen (secondary N) is 2. The number of halogens is 1. The normalized spacial score (nSPS) is 10.8. The minimum Gasteiger partial charge on any atom is -0.342 e. The lowest BCUT2D eigenvalue weighted by Gasteiger charge is -2.08. The van der Waals surface area contributed by atoms with Crippen LogP contribution in [0.1, 0.15) is 16.8 Å². The fourth-order valence-electron chi connectivity index (χ4n) is 2.43. The summed E-state index contributed by atoms with van der Waals surface area (Å²) in [4.78, 5) is 0. The summed E-state index contributed by atoms with van der Waals surface area (Å²) >= 11 is 11.2. The molecule has 3 aromatic rings. The van der Waals surface area contributed by atoms with Crippen molar-refractivity contribution in [1.82, 2.24) is 9.99 Å². The van der Waals surface area contributed by atoms with E-state index in [1.165, 1.54) is 11.1 Å². The lowest BCUT2D eigenvalue weighted by Crippen LogP contribution is -2.24. The van der Waals surface area contributed by atoms with Crippen molar-refractivity contribution >= 4 is 40.8 Å². The molecule has 0 spiro atoms. The van der Waals surface area contributed by atoms with Gasteiger partial charge in [0.05, 0.1) is 11.9 Å². The van der Waals surface area contributed by atoms with Crippen LogP contribution in [0.15, 0.2) is 72.0 Å². The average Bonchev–Trinajstić information content (AvgIpc) is 3.06. The monoisotopic (exact) mass is 382 g/mol. The number of hydrazone groups is 1. The Balaban J connectivity index is 1.57. The Morgan fingerprint density at radius 2 is 1.85 bits per heavy atom. The van der Waals surface area contributed by atoms with Gasteiger partial charge in [-0.2, -0.15) is 5.10 Å². The molecule has 0 saturated heterocycles. The maximum atomic E-state index is 5.93. The summed E-state index contributed by atoms with van der Waals surface area (Å²) in [7, 11) is 0. The van der Waals surface area contributed by atoms with Crippen molar-refractivity contribution < 1.29 is 0 Å². The van der Waals surface area contributed by atoms with Gasteiger partial charge in [0, 0.05) is 23.5 Å². The first kappa shape index (κ1) is 18.2. The minimum absolute atomic E-state index is 0.445. The van der Waals surface area contributed by atoms with Crippen molar-refractivity contribution in [3.8, 4) is 0 Å². The Morgan fingerprint density at radius 1 is 1.12 bits per heavy atom. The Bertz CT molecular complexity index is 898. The van der Waals surface area contributed by atoms with Crippen LogP contribution in [0.3, 0.4) is 0 Å². The zero-order valence-corrected chi connectivity index (χ0v) is 15.9. The molecule has 0 atom stereocenters. The van der Waals surface area contributed by atoms with Gasteiger partial charge in [-0.05, 0) is 61.1 Å². The van der Waals surface area contributed by atoms with Crippen molar-refractivity contribution in [2.24, 2.45) is 5.10 Å². The molecule has 1 heterocycles. The third-order valence-electron chi connectivity index (χ3n) is 3.80. The van der Waals surface area contributed by atoms with Gasteiger partial charge in [0.25, 0.3) is 0 Å². The van der Waals surface area contributed by atoms with E-state index in [-0.39, 0.29) is 0 Å². The highest BCUT2D eigenvalue weighted by Crippen LogP contribution is 2.12. The number of thiocarbonyl (C=S) groups is 1. The number of hydrogen-bond donors (Lipinski definition) is 2. The minimum atomic E-state index is 0.445. The van der Waals surface area contributed by atoms with Crippen LogP contribution < -0.4 is 10.7 Å². The van der Waals surface area contributed by atoms with Gasteiger partial charge in [-0.1, -0.05) is 41.4 Å². The maximum Gasteiger partial charge on any atom is 0.191 e. The van der Waals surface area contributed by atoms with Crippen molar-refractivity contribution in [2.75, 3.05) is 5.32 Å². The molecule has 0 fully saturated rings. The smallest absolute Gasteiger partial charge is 0.191 e. The predicted octanol–water partition coefficient (Wildman–Crippen LogP) is 4.82. The van der Waals surface area contributed by atoms with Crippen molar-refractivity contribution in [1.29, 1.82) is 0 Å². The number of rotatable bonds is 5. The number of anilines is 1. The topological polar surface area (TPSA) is 41.4 Å². The molecule has 3 rings (SSSR count). The molecule has 26 heavy (non-hydrogen) atoms. The highest BCUT2D eigenvalue weighted by molar-refractivity contribution is 7.80. The molecule has 4 nitrogen and oxygen atoms in total. The van der Waals surface area contributed by atoms with Gasteiger partial charge < -0.3 is 9.88 Å². The molecular weight excluding hydrogens is 364 g/mol. The summed E-state index contributed by atoms with van der Waals surface area (Å²) in [5.41, 5.74) is 7.12. The SMILES string of the molecule is Cc1ccc(NC(=S)N/N=C\c2cccn2Cc2ccc(Cl)cc2)cc1. The molecular formula is C20H19ClN4S. The van der Waals surface area contributed by atoms with Crippen molar-refractivity contribution in [3.05, 3.63) is 88.7 Å². The van der Waals surface area contributed by atoms with E-state index in [9.17, 15) is 0 Å². The summed E-state index contributed by atoms with van der Waals surface area (Å²) in [6.07, 6.45) is 3.76. The standard InChI is InChI=1S/C20H19ClN4S/c1-15-4-10-18(11-5-15)23-20(26)24-22-13-19-3-2-12-25(19)14-16-6-8-17(21)9-7-16/h2-13H,14H2,1H3,(H2,23,24,26)/b22-13-. The average molecular weight is 383 g/mol. The molecule has 2 N–H and O–H groups in total. The largest absolute Gasteiger partial charge is 0.342 e. The Labute approximate surface area is 163 Å². The lowest BCUT2D eigenvalue weighted by molar-refractivity contribution is 0.799. The zero-order chi connectivity index (χ0) is 18.4. The van der Waals surface area contributed by atoms with E-state index in [0.29, 0.717) is 5.11 Å². The predicted molar refractivity (Wildman–Crippen MR) is 113 cm³/mol. The van der Waals surface area contributed by atoms with E-state index >= 15 is 0 Å². The number of nitrogens with zero attached hydrogens (tertiary/aromatic N) is 2. The van der Waals surface area contributed by atoms with E-state index in [0.717, 1.165) is 22.9 Å². The third-order valence-corrected chi connectivity index (χ3v) is 4.25. The Hall–Kier alpha value is -2.63. The Kier molecular flexibility index (Phi) is 6.04. The highest BCUT2D eigenvalue weighted by Gasteiger charge is 2.01. The van der Waals surface area contributed by atoms with Gasteiger partial charge in [0.1, 0.15) is 0 Å². The molecule has 0 aliphatic heterocycles. The second-order valence-electron chi connectivity index (χ2n) is 5.88. The summed E-state index contributed by atoms with van der Waals surface area (Å²) < 4.78 is 2.10. The van der Waals surface area contributed by atoms with Crippen LogP contribution in [0.2, 0.25) is 5.02 Å². The molecule has 1 aromatic heterocycles. The van der Waals surface area contributed by atoms with Gasteiger partial charge in [-0.25, -0.2) is 0 Å². The second-order valence-corrected chi connectivity index (χ2v) is 6.72. The molecule has 0 amide bonds. The highest BCUT2D eigenvalue weighted by atomic mass is 35.5. The van der Waals surface area contributed by atoms with Gasteiger partial charge in [0.15, 0.2) is 5.11 Å². The molecule has 6 heteroatoms. The molecule has 0 unspecified atom stereocenters. The van der Waals surface area contributed by atoms with Crippen LogP contribution in [0.25, 0.3) is 0 Å². The van der Waals surface area contributed by atoms with Crippen LogP contribution in [-0.4, -0.2) is 15.9 Å². The van der Waals surface area contributed by atoms with E-state index in [4.69, 9.17) is 23.8 Å². The first-order chi connectivity index (χ1) is 12.6. The number of aromatic nitrogens is 1. The number of hydrogen-bond acceptors (Lipinski definition) is 2. The summed E-state index contributed by atoms with van der Waals surface area (Å²) in [5.74, 6) is 0. The second kappa shape index (κ2) is 8.65. The maximum absolute atomic E-state index is 5.93. The fourth-order valence-corrected chi connectivity index (χ4v) is 2.72. The van der Waals surface area contributed by atoms with Gasteiger partial charge in [-0.15, -0.1) is 0 Å². The van der Waals surface area contributed by atoms with Crippen LogP contribution in [0, 0.1) is 6.92 Å². The Morgan fingerprint density at radius 3 is 2.58 bits per heavy atom. The van der Waals surface area contributed by atoms with Gasteiger partial charge >= 0.3 is 0 Å². The van der Waals surface area contributed by atoms with Gasteiger partial charge in [-0.3, -0.25) is 5.43 Å². The molecule has 0 radical (unpaired) electrons. The lowest BCUT2D eigenvalue weighted by atomic mass is 10.2. The van der Waals surface area contributed by atoms with E-state index < -0.39 is 0 Å². The fraction of sp³-hybridized carbons (Fsp3) is 0.100. The summed E-state index contributed by atoms with van der Waals surface area (Å²) in [6, 6.07) is 19.8. The zero-order valence-electron chi connectivity index (χ0n) is 14.3. The van der Waals surface area contributed by atoms with Crippen molar-refractivity contribution in [3.63, 3.8) is 0 Å². The van der Waals surface area contributed by atoms with Crippen LogP contribution >= 0.6 is 23.8 Å². The molecule has 0 aliphatic carbocycles. The molecule has 0 saturated carbocycles. The van der Waals surface area contributed by atoms with Crippen molar-refractivity contribution in [2.45, 2.75) is 13.5 Å². The van der Waals surface area contributed by atoms with E-state index in [2.05, 4.69) is 20.4 Å². The third kappa shape index (κ3) is 5.18. The summed E-state index contributed by atoms with van der Waals surface area (Å²) in [6.45, 7) is 2.79. The molecule has 0 bridgehead atoms. The van der Waals surface area contributed by atoms with Crippen LogP contribution in [-0.2, 0) is 6.54 Å². The van der Waals surface area contributed by atoms with Crippen LogP contribution in [0.4, 0.5) is 5.69 Å². The van der Waals surface area contributed by atoms with E-state index in [1.807, 2.05) is 73.8 Å². The van der Waals surface area contributed by atoms with Crippen LogP contribution in [0.5, 0.6) is 0 Å². The molecule has 0 aliphatic rings.